The number of fused-ring (bicyclic) bond motifs is 1. The van der Waals surface area contributed by atoms with Gasteiger partial charge in [-0.15, -0.1) is 0 Å². The highest BCUT2D eigenvalue weighted by Gasteiger charge is 2.28. The Hall–Kier alpha value is -1.80. The molecule has 0 radical (unpaired) electrons. The summed E-state index contributed by atoms with van der Waals surface area (Å²) in [6, 6.07) is 3.74. The van der Waals surface area contributed by atoms with Crippen LogP contribution in [-0.2, 0) is 27.8 Å². The number of carbonyl (C=O) groups is 1. The number of amides is 1. The zero-order valence-corrected chi connectivity index (χ0v) is 17.6. The highest BCUT2D eigenvalue weighted by Crippen LogP contribution is 2.33. The smallest absolute Gasteiger partial charge is 0.220 e. The van der Waals surface area contributed by atoms with Crippen molar-refractivity contribution in [3.05, 3.63) is 23.3 Å². The van der Waals surface area contributed by atoms with Gasteiger partial charge in [-0.3, -0.25) is 4.79 Å². The molecule has 0 atom stereocenters. The van der Waals surface area contributed by atoms with Gasteiger partial charge in [0.25, 0.3) is 0 Å². The fraction of sp³-hybridized carbons (Fsp3) is 0.632. The molecule has 1 heterocycles. The largest absolute Gasteiger partial charge is 0.493 e. The average Bonchev–Trinajstić information content (AvgIpc) is 2.58. The third-order valence-corrected chi connectivity index (χ3v) is 6.27. The third kappa shape index (κ3) is 5.84. The van der Waals surface area contributed by atoms with E-state index in [9.17, 15) is 13.2 Å². The van der Waals surface area contributed by atoms with Crippen LogP contribution in [0.3, 0.4) is 0 Å². The van der Waals surface area contributed by atoms with Gasteiger partial charge in [0.05, 0.1) is 20.0 Å². The molecule has 1 aromatic rings. The lowest BCUT2D eigenvalue weighted by atomic mass is 9.92. The van der Waals surface area contributed by atoms with E-state index < -0.39 is 10.0 Å². The summed E-state index contributed by atoms with van der Waals surface area (Å²) in [5.41, 5.74) is 1.86. The van der Waals surface area contributed by atoms with Gasteiger partial charge in [0.1, 0.15) is 0 Å². The molecule has 1 amide bonds. The molecule has 0 aliphatic carbocycles. The Morgan fingerprint density at radius 3 is 2.30 bits per heavy atom. The molecular formula is C19H30N2O5S. The molecule has 0 saturated carbocycles. The second-order valence-corrected chi connectivity index (χ2v) is 10.1. The van der Waals surface area contributed by atoms with E-state index in [2.05, 4.69) is 5.32 Å². The molecule has 0 spiro atoms. The normalized spacial score (nSPS) is 15.1. The Morgan fingerprint density at radius 2 is 1.74 bits per heavy atom. The van der Waals surface area contributed by atoms with Crippen LogP contribution in [0.15, 0.2) is 12.1 Å². The number of nitrogens with zero attached hydrogens (tertiary/aromatic N) is 1. The Labute approximate surface area is 162 Å². The maximum atomic E-state index is 12.7. The number of benzene rings is 1. The van der Waals surface area contributed by atoms with Crippen molar-refractivity contribution in [3.63, 3.8) is 0 Å². The summed E-state index contributed by atoms with van der Waals surface area (Å²) in [5, 5.41) is 2.71. The number of rotatable bonds is 7. The van der Waals surface area contributed by atoms with Crippen LogP contribution < -0.4 is 14.8 Å². The van der Waals surface area contributed by atoms with E-state index in [1.807, 2.05) is 32.9 Å². The Bertz CT molecular complexity index is 784. The van der Waals surface area contributed by atoms with Gasteiger partial charge in [-0.05, 0) is 35.1 Å². The monoisotopic (exact) mass is 398 g/mol. The fourth-order valence-electron chi connectivity index (χ4n) is 3.09. The molecule has 0 bridgehead atoms. The van der Waals surface area contributed by atoms with Crippen molar-refractivity contribution in [3.8, 4) is 11.5 Å². The lowest BCUT2D eigenvalue weighted by Crippen LogP contribution is -2.40. The summed E-state index contributed by atoms with van der Waals surface area (Å²) < 4.78 is 37.4. The first-order valence-corrected chi connectivity index (χ1v) is 10.6. The molecule has 1 aliphatic rings. The minimum atomic E-state index is -3.45. The number of nitrogens with one attached hydrogen (secondary N) is 1. The van der Waals surface area contributed by atoms with Crippen LogP contribution in [-0.4, -0.2) is 51.7 Å². The van der Waals surface area contributed by atoms with Crippen LogP contribution in [0.1, 0.15) is 38.3 Å². The standard InChI is InChI=1S/C19H30N2O5S/c1-19(2,3)12-18(22)20-7-9-27(23,24)21-8-6-14-10-16(25-4)17(26-5)11-15(14)13-21/h10-11H,6-9,12-13H2,1-5H3,(H,20,22). The van der Waals surface area contributed by atoms with Gasteiger partial charge in [0.2, 0.25) is 15.9 Å². The van der Waals surface area contributed by atoms with Crippen LogP contribution >= 0.6 is 0 Å². The number of hydrogen-bond acceptors (Lipinski definition) is 5. The number of hydrogen-bond donors (Lipinski definition) is 1. The van der Waals surface area contributed by atoms with Crippen LogP contribution in [0.4, 0.5) is 0 Å². The predicted molar refractivity (Wildman–Crippen MR) is 105 cm³/mol. The topological polar surface area (TPSA) is 84.9 Å². The molecule has 152 valence electrons. The second kappa shape index (κ2) is 8.48. The summed E-state index contributed by atoms with van der Waals surface area (Å²) in [5.74, 6) is 1.00. The van der Waals surface area contributed by atoms with E-state index in [1.165, 1.54) is 4.31 Å². The zero-order chi connectivity index (χ0) is 20.2. The third-order valence-electron chi connectivity index (χ3n) is 4.45. The molecule has 0 fully saturated rings. The first-order valence-electron chi connectivity index (χ1n) is 9.04. The van der Waals surface area contributed by atoms with Gasteiger partial charge in [-0.1, -0.05) is 20.8 Å². The van der Waals surface area contributed by atoms with Crippen molar-refractivity contribution in [2.45, 2.75) is 40.2 Å². The molecule has 0 aromatic heterocycles. The molecule has 27 heavy (non-hydrogen) atoms. The second-order valence-electron chi connectivity index (χ2n) is 7.96. The van der Waals surface area contributed by atoms with Gasteiger partial charge < -0.3 is 14.8 Å². The lowest BCUT2D eigenvalue weighted by Gasteiger charge is -2.29. The molecular weight excluding hydrogens is 368 g/mol. The van der Waals surface area contributed by atoms with Crippen molar-refractivity contribution in [1.29, 1.82) is 0 Å². The summed E-state index contributed by atoms with van der Waals surface area (Å²) in [6.07, 6.45) is 0.983. The van der Waals surface area contributed by atoms with Gasteiger partial charge in [-0.25, -0.2) is 8.42 Å². The predicted octanol–water partition coefficient (Wildman–Crippen LogP) is 1.94. The summed E-state index contributed by atoms with van der Waals surface area (Å²) in [4.78, 5) is 11.9. The molecule has 1 N–H and O–H groups in total. The van der Waals surface area contributed by atoms with E-state index >= 15 is 0 Å². The summed E-state index contributed by atoms with van der Waals surface area (Å²) in [7, 11) is -0.316. The molecule has 8 heteroatoms. The van der Waals surface area contributed by atoms with Gasteiger partial charge in [0, 0.05) is 26.1 Å². The van der Waals surface area contributed by atoms with E-state index in [4.69, 9.17) is 9.47 Å². The Morgan fingerprint density at radius 1 is 1.15 bits per heavy atom. The molecule has 2 rings (SSSR count). The number of ether oxygens (including phenoxy) is 2. The zero-order valence-electron chi connectivity index (χ0n) is 16.8. The van der Waals surface area contributed by atoms with Gasteiger partial charge in [0.15, 0.2) is 11.5 Å². The van der Waals surface area contributed by atoms with Crippen molar-refractivity contribution in [2.24, 2.45) is 5.41 Å². The quantitative estimate of drug-likeness (QED) is 0.759. The van der Waals surface area contributed by atoms with Crippen molar-refractivity contribution in [1.82, 2.24) is 9.62 Å². The molecule has 1 aromatic carbocycles. The molecule has 7 nitrogen and oxygen atoms in total. The van der Waals surface area contributed by atoms with Crippen molar-refractivity contribution < 1.29 is 22.7 Å². The SMILES string of the molecule is COc1cc2c(cc1OC)CN(S(=O)(=O)CCNC(=O)CC(C)(C)C)CC2. The number of methoxy groups -OCH3 is 2. The van der Waals surface area contributed by atoms with E-state index in [0.717, 1.165) is 11.1 Å². The van der Waals surface area contributed by atoms with E-state index in [0.29, 0.717) is 37.4 Å². The van der Waals surface area contributed by atoms with E-state index in [-0.39, 0.29) is 23.6 Å². The van der Waals surface area contributed by atoms with Gasteiger partial charge >= 0.3 is 0 Å². The first kappa shape index (κ1) is 21.5. The van der Waals surface area contributed by atoms with E-state index in [1.54, 1.807) is 14.2 Å². The molecule has 0 saturated heterocycles. The maximum Gasteiger partial charge on any atom is 0.220 e. The number of sulfonamides is 1. The van der Waals surface area contributed by atoms with Crippen molar-refractivity contribution in [2.75, 3.05) is 33.1 Å². The summed E-state index contributed by atoms with van der Waals surface area (Å²) >= 11 is 0. The van der Waals surface area contributed by atoms with Crippen LogP contribution in [0, 0.1) is 5.41 Å². The first-order chi connectivity index (χ1) is 12.6. The molecule has 1 aliphatic heterocycles. The minimum Gasteiger partial charge on any atom is -0.493 e. The Balaban J connectivity index is 1.99. The fourth-order valence-corrected chi connectivity index (χ4v) is 4.41. The minimum absolute atomic E-state index is 0.106. The van der Waals surface area contributed by atoms with Gasteiger partial charge in [-0.2, -0.15) is 4.31 Å². The average molecular weight is 399 g/mol. The maximum absolute atomic E-state index is 12.7. The molecule has 0 unspecified atom stereocenters. The van der Waals surface area contributed by atoms with Crippen molar-refractivity contribution >= 4 is 15.9 Å². The highest BCUT2D eigenvalue weighted by molar-refractivity contribution is 7.89. The van der Waals surface area contributed by atoms with Crippen LogP contribution in [0.5, 0.6) is 11.5 Å². The van der Waals surface area contributed by atoms with Crippen LogP contribution in [0.25, 0.3) is 0 Å². The number of carbonyl (C=O) groups excluding carboxylic acids is 1. The Kier molecular flexibility index (Phi) is 6.75. The van der Waals surface area contributed by atoms with Crippen LogP contribution in [0.2, 0.25) is 0 Å². The lowest BCUT2D eigenvalue weighted by molar-refractivity contribution is -0.122. The highest BCUT2D eigenvalue weighted by atomic mass is 32.2. The summed E-state index contributed by atoms with van der Waals surface area (Å²) in [6.45, 7) is 6.74.